The molecule has 0 fully saturated rings. The molecule has 1 unspecified atom stereocenters. The largest absolute Gasteiger partial charge is 0.495 e. The van der Waals surface area contributed by atoms with Crippen molar-refractivity contribution in [3.63, 3.8) is 0 Å². The SMILES string of the molecule is C=C(C)C(C)C(Nc1cc(C)c(S(=O)(=O)O)cc1OC)=C(C)C. The predicted octanol–water partition coefficient (Wildman–Crippen LogP) is 4.17. The van der Waals surface area contributed by atoms with Crippen LogP contribution in [0.25, 0.3) is 0 Å². The minimum Gasteiger partial charge on any atom is -0.495 e. The lowest BCUT2D eigenvalue weighted by Crippen LogP contribution is -2.13. The van der Waals surface area contributed by atoms with Crippen LogP contribution in [0, 0.1) is 12.8 Å². The standard InChI is InChI=1S/C17H25NO4S/c1-10(2)13(6)17(11(3)4)18-14-8-12(5)16(23(19,20)21)9-15(14)22-7/h8-9,13,18H,1H2,2-7H3,(H,19,20,21). The third kappa shape index (κ3) is 4.59. The van der Waals surface area contributed by atoms with E-state index < -0.39 is 10.1 Å². The fourth-order valence-electron chi connectivity index (χ4n) is 2.27. The van der Waals surface area contributed by atoms with Crippen molar-refractivity contribution in [1.82, 2.24) is 0 Å². The van der Waals surface area contributed by atoms with Gasteiger partial charge in [-0.2, -0.15) is 8.42 Å². The summed E-state index contributed by atoms with van der Waals surface area (Å²) in [4.78, 5) is -0.161. The van der Waals surface area contributed by atoms with Crippen LogP contribution in [0.2, 0.25) is 0 Å². The number of ether oxygens (including phenoxy) is 1. The maximum atomic E-state index is 11.4. The Morgan fingerprint density at radius 1 is 1.30 bits per heavy atom. The minimum absolute atomic E-state index is 0.117. The zero-order valence-corrected chi connectivity index (χ0v) is 15.3. The summed E-state index contributed by atoms with van der Waals surface area (Å²) in [6.45, 7) is 13.6. The number of nitrogens with one attached hydrogen (secondary N) is 1. The molecule has 23 heavy (non-hydrogen) atoms. The molecule has 1 rings (SSSR count). The summed E-state index contributed by atoms with van der Waals surface area (Å²) in [7, 11) is -2.84. The lowest BCUT2D eigenvalue weighted by atomic mass is 9.97. The summed E-state index contributed by atoms with van der Waals surface area (Å²) in [5, 5.41) is 3.32. The van der Waals surface area contributed by atoms with Crippen LogP contribution in [-0.2, 0) is 10.1 Å². The van der Waals surface area contributed by atoms with Gasteiger partial charge in [-0.15, -0.1) is 0 Å². The molecule has 0 spiro atoms. The highest BCUT2D eigenvalue weighted by Crippen LogP contribution is 2.33. The number of aryl methyl sites for hydroxylation is 1. The van der Waals surface area contributed by atoms with E-state index in [0.717, 1.165) is 16.8 Å². The van der Waals surface area contributed by atoms with Gasteiger partial charge in [0.1, 0.15) is 10.6 Å². The van der Waals surface area contributed by atoms with E-state index in [1.54, 1.807) is 13.0 Å². The van der Waals surface area contributed by atoms with Crippen molar-refractivity contribution >= 4 is 15.8 Å². The molecule has 0 amide bonds. The number of allylic oxidation sites excluding steroid dienone is 2. The molecule has 0 aliphatic rings. The van der Waals surface area contributed by atoms with Crippen LogP contribution in [0.4, 0.5) is 5.69 Å². The first-order chi connectivity index (χ1) is 10.5. The normalized spacial score (nSPS) is 12.5. The molecule has 0 saturated carbocycles. The number of rotatable bonds is 6. The Morgan fingerprint density at radius 3 is 2.26 bits per heavy atom. The first-order valence-corrected chi connectivity index (χ1v) is 8.69. The van der Waals surface area contributed by atoms with Gasteiger partial charge in [0.05, 0.1) is 12.8 Å². The molecule has 0 aromatic heterocycles. The van der Waals surface area contributed by atoms with Gasteiger partial charge in [-0.05, 0) is 39.3 Å². The molecule has 0 aliphatic heterocycles. The van der Waals surface area contributed by atoms with Crippen molar-refractivity contribution in [3.8, 4) is 5.75 Å². The molecule has 0 radical (unpaired) electrons. The lowest BCUT2D eigenvalue weighted by Gasteiger charge is -2.22. The van der Waals surface area contributed by atoms with E-state index >= 15 is 0 Å². The maximum absolute atomic E-state index is 11.4. The fourth-order valence-corrected chi connectivity index (χ4v) is 2.99. The molecule has 5 nitrogen and oxygen atoms in total. The quantitative estimate of drug-likeness (QED) is 0.601. The van der Waals surface area contributed by atoms with E-state index in [0.29, 0.717) is 17.0 Å². The number of hydrogen-bond donors (Lipinski definition) is 2. The number of methoxy groups -OCH3 is 1. The van der Waals surface area contributed by atoms with Gasteiger partial charge in [0.2, 0.25) is 0 Å². The minimum atomic E-state index is -4.29. The topological polar surface area (TPSA) is 75.6 Å². The van der Waals surface area contributed by atoms with Crippen molar-refractivity contribution in [2.24, 2.45) is 5.92 Å². The lowest BCUT2D eigenvalue weighted by molar-refractivity contribution is 0.414. The van der Waals surface area contributed by atoms with Gasteiger partial charge < -0.3 is 10.1 Å². The van der Waals surface area contributed by atoms with E-state index in [9.17, 15) is 13.0 Å². The molecule has 6 heteroatoms. The molecular formula is C17H25NO4S. The molecule has 0 heterocycles. The molecule has 0 aliphatic carbocycles. The Bertz CT molecular complexity index is 744. The molecule has 1 aromatic carbocycles. The average molecular weight is 339 g/mol. The Hall–Kier alpha value is -1.79. The number of benzene rings is 1. The first kappa shape index (κ1) is 19.3. The number of hydrogen-bond acceptors (Lipinski definition) is 4. The first-order valence-electron chi connectivity index (χ1n) is 7.25. The van der Waals surface area contributed by atoms with Crippen molar-refractivity contribution in [2.75, 3.05) is 12.4 Å². The summed E-state index contributed by atoms with van der Waals surface area (Å²) in [5.74, 6) is 0.460. The van der Waals surface area contributed by atoms with Crippen LogP contribution in [0.3, 0.4) is 0 Å². The van der Waals surface area contributed by atoms with Gasteiger partial charge in [-0.1, -0.05) is 24.6 Å². The Balaban J connectivity index is 3.42. The van der Waals surface area contributed by atoms with Crippen molar-refractivity contribution in [1.29, 1.82) is 0 Å². The highest BCUT2D eigenvalue weighted by atomic mass is 32.2. The summed E-state index contributed by atoms with van der Waals surface area (Å²) in [5.41, 5.74) is 4.17. The van der Waals surface area contributed by atoms with Crippen molar-refractivity contribution in [3.05, 3.63) is 41.1 Å². The van der Waals surface area contributed by atoms with E-state index in [2.05, 4.69) is 11.9 Å². The monoisotopic (exact) mass is 339 g/mol. The van der Waals surface area contributed by atoms with Gasteiger partial charge in [0, 0.05) is 17.7 Å². The van der Waals surface area contributed by atoms with Crippen LogP contribution < -0.4 is 10.1 Å². The third-order valence-corrected chi connectivity index (χ3v) is 4.75. The summed E-state index contributed by atoms with van der Waals surface area (Å²) in [6, 6.07) is 2.97. The zero-order valence-electron chi connectivity index (χ0n) is 14.5. The summed E-state index contributed by atoms with van der Waals surface area (Å²) >= 11 is 0. The molecule has 0 bridgehead atoms. The van der Waals surface area contributed by atoms with Gasteiger partial charge >= 0.3 is 0 Å². The van der Waals surface area contributed by atoms with Gasteiger partial charge in [0.15, 0.2) is 0 Å². The fraction of sp³-hybridized carbons (Fsp3) is 0.412. The van der Waals surface area contributed by atoms with Crippen molar-refractivity contribution in [2.45, 2.75) is 39.5 Å². The molecule has 2 N–H and O–H groups in total. The second-order valence-electron chi connectivity index (χ2n) is 5.90. The van der Waals surface area contributed by atoms with Crippen LogP contribution in [-0.4, -0.2) is 20.1 Å². The average Bonchev–Trinajstić information content (AvgIpc) is 2.42. The molecule has 1 atom stereocenters. The summed E-state index contributed by atoms with van der Waals surface area (Å²) in [6.07, 6.45) is 0. The molecule has 128 valence electrons. The van der Waals surface area contributed by atoms with Gasteiger partial charge in [0.25, 0.3) is 10.1 Å². The third-order valence-electron chi connectivity index (χ3n) is 3.76. The van der Waals surface area contributed by atoms with E-state index in [4.69, 9.17) is 4.74 Å². The second kappa shape index (κ2) is 7.19. The highest BCUT2D eigenvalue weighted by Gasteiger charge is 2.19. The number of anilines is 1. The highest BCUT2D eigenvalue weighted by molar-refractivity contribution is 7.85. The van der Waals surface area contributed by atoms with E-state index in [1.165, 1.54) is 13.2 Å². The molecular weight excluding hydrogens is 314 g/mol. The molecule has 1 aromatic rings. The zero-order chi connectivity index (χ0) is 17.9. The Kier molecular flexibility index (Phi) is 6.02. The van der Waals surface area contributed by atoms with Gasteiger partial charge in [-0.25, -0.2) is 0 Å². The van der Waals surface area contributed by atoms with Gasteiger partial charge in [-0.3, -0.25) is 4.55 Å². The smallest absolute Gasteiger partial charge is 0.294 e. The van der Waals surface area contributed by atoms with Crippen LogP contribution in [0.15, 0.2) is 40.5 Å². The van der Waals surface area contributed by atoms with E-state index in [1.807, 2.05) is 27.7 Å². The predicted molar refractivity (Wildman–Crippen MR) is 93.5 cm³/mol. The maximum Gasteiger partial charge on any atom is 0.294 e. The Labute approximate surface area is 138 Å². The van der Waals surface area contributed by atoms with Crippen LogP contribution >= 0.6 is 0 Å². The summed E-state index contributed by atoms with van der Waals surface area (Å²) < 4.78 is 37.4. The molecule has 0 saturated heterocycles. The Morgan fingerprint density at radius 2 is 1.87 bits per heavy atom. The second-order valence-corrected chi connectivity index (χ2v) is 7.29. The van der Waals surface area contributed by atoms with Crippen molar-refractivity contribution < 1.29 is 17.7 Å². The van der Waals surface area contributed by atoms with E-state index in [-0.39, 0.29) is 10.8 Å². The van der Waals surface area contributed by atoms with Crippen LogP contribution in [0.5, 0.6) is 5.75 Å². The van der Waals surface area contributed by atoms with Crippen LogP contribution in [0.1, 0.15) is 33.3 Å².